The predicted molar refractivity (Wildman–Crippen MR) is 69.8 cm³/mol. The van der Waals surface area contributed by atoms with E-state index in [1.807, 2.05) is 6.07 Å². The molecule has 1 unspecified atom stereocenters. The fourth-order valence-electron chi connectivity index (χ4n) is 1.67. The average molecular weight is 279 g/mol. The quantitative estimate of drug-likeness (QED) is 0.909. The van der Waals surface area contributed by atoms with Crippen molar-refractivity contribution in [2.24, 2.45) is 0 Å². The molecule has 0 aliphatic heterocycles. The fourth-order valence-corrected chi connectivity index (χ4v) is 1.86. The van der Waals surface area contributed by atoms with Crippen LogP contribution in [0.3, 0.4) is 0 Å². The first kappa shape index (κ1) is 13.3. The van der Waals surface area contributed by atoms with Crippen molar-refractivity contribution in [3.63, 3.8) is 0 Å². The van der Waals surface area contributed by atoms with Gasteiger partial charge in [-0.3, -0.25) is 0 Å². The molecule has 5 heteroatoms. The molecule has 0 heterocycles. The molecule has 0 aliphatic carbocycles. The van der Waals surface area contributed by atoms with E-state index >= 15 is 0 Å². The van der Waals surface area contributed by atoms with Crippen LogP contribution >= 0.6 is 11.6 Å². The maximum Gasteiger partial charge on any atom is 0.165 e. The molecule has 0 aliphatic rings. The summed E-state index contributed by atoms with van der Waals surface area (Å²) in [4.78, 5) is 0. The fraction of sp³-hybridized carbons (Fsp3) is 0.0714. The van der Waals surface area contributed by atoms with Crippen LogP contribution in [0, 0.1) is 23.0 Å². The van der Waals surface area contributed by atoms with E-state index in [4.69, 9.17) is 16.9 Å². The Hall–Kier alpha value is -2.12. The number of nitrogens with zero attached hydrogens (tertiary/aromatic N) is 1. The lowest BCUT2D eigenvalue weighted by Gasteiger charge is -2.14. The Bertz CT molecular complexity index is 638. The van der Waals surface area contributed by atoms with Crippen molar-refractivity contribution in [3.8, 4) is 6.07 Å². The van der Waals surface area contributed by atoms with Crippen LogP contribution in [0.4, 0.5) is 14.5 Å². The minimum absolute atomic E-state index is 0.0394. The standard InChI is InChI=1S/C14H9ClF2N2/c15-9-3-1-4-10(7-9)19-13(8-18)11-5-2-6-12(16)14(11)17/h1-7,13,19H. The van der Waals surface area contributed by atoms with Gasteiger partial charge in [0.15, 0.2) is 11.6 Å². The van der Waals surface area contributed by atoms with Crippen LogP contribution in [0.1, 0.15) is 11.6 Å². The van der Waals surface area contributed by atoms with Crippen LogP contribution in [0.25, 0.3) is 0 Å². The molecule has 0 radical (unpaired) electrons. The second-order valence-corrected chi connectivity index (χ2v) is 4.30. The lowest BCUT2D eigenvalue weighted by Crippen LogP contribution is -2.11. The molecule has 2 rings (SSSR count). The van der Waals surface area contributed by atoms with Crippen LogP contribution < -0.4 is 5.32 Å². The van der Waals surface area contributed by atoms with E-state index in [-0.39, 0.29) is 5.56 Å². The summed E-state index contributed by atoms with van der Waals surface area (Å²) >= 11 is 5.82. The SMILES string of the molecule is N#CC(Nc1cccc(Cl)c1)c1cccc(F)c1F. The van der Waals surface area contributed by atoms with Crippen molar-refractivity contribution < 1.29 is 8.78 Å². The zero-order valence-corrected chi connectivity index (χ0v) is 10.5. The van der Waals surface area contributed by atoms with Gasteiger partial charge in [-0.1, -0.05) is 29.8 Å². The van der Waals surface area contributed by atoms with Gasteiger partial charge in [-0.15, -0.1) is 0 Å². The molecule has 96 valence electrons. The van der Waals surface area contributed by atoms with E-state index in [1.165, 1.54) is 12.1 Å². The number of rotatable bonds is 3. The summed E-state index contributed by atoms with van der Waals surface area (Å²) in [5.41, 5.74) is 0.519. The van der Waals surface area contributed by atoms with Gasteiger partial charge < -0.3 is 5.32 Å². The molecule has 2 aromatic rings. The number of hydrogen-bond donors (Lipinski definition) is 1. The lowest BCUT2D eigenvalue weighted by molar-refractivity contribution is 0.498. The van der Waals surface area contributed by atoms with Gasteiger partial charge in [-0.25, -0.2) is 8.78 Å². The molecular formula is C14H9ClF2N2. The third-order valence-electron chi connectivity index (χ3n) is 2.56. The van der Waals surface area contributed by atoms with Crippen molar-refractivity contribution in [2.45, 2.75) is 6.04 Å². The van der Waals surface area contributed by atoms with Crippen LogP contribution in [0.15, 0.2) is 42.5 Å². The Labute approximate surface area is 114 Å². The highest BCUT2D eigenvalue weighted by Crippen LogP contribution is 2.24. The van der Waals surface area contributed by atoms with Gasteiger partial charge in [0.25, 0.3) is 0 Å². The first-order valence-corrected chi connectivity index (χ1v) is 5.85. The number of hydrogen-bond acceptors (Lipinski definition) is 2. The molecule has 1 N–H and O–H groups in total. The number of nitrogens with one attached hydrogen (secondary N) is 1. The molecule has 0 amide bonds. The van der Waals surface area contributed by atoms with Gasteiger partial charge >= 0.3 is 0 Å². The van der Waals surface area contributed by atoms with Gasteiger partial charge in [-0.05, 0) is 24.3 Å². The largest absolute Gasteiger partial charge is 0.366 e. The van der Waals surface area contributed by atoms with E-state index in [0.29, 0.717) is 10.7 Å². The number of nitriles is 1. The summed E-state index contributed by atoms with van der Waals surface area (Å²) in [5, 5.41) is 12.4. The number of halogens is 3. The topological polar surface area (TPSA) is 35.8 Å². The summed E-state index contributed by atoms with van der Waals surface area (Å²) in [6, 6.07) is 11.3. The van der Waals surface area contributed by atoms with Crippen LogP contribution in [-0.2, 0) is 0 Å². The summed E-state index contributed by atoms with van der Waals surface area (Å²) in [7, 11) is 0. The minimum Gasteiger partial charge on any atom is -0.366 e. The summed E-state index contributed by atoms with van der Waals surface area (Å²) < 4.78 is 26.8. The number of anilines is 1. The van der Waals surface area contributed by atoms with Crippen molar-refractivity contribution >= 4 is 17.3 Å². The highest BCUT2D eigenvalue weighted by Gasteiger charge is 2.17. The van der Waals surface area contributed by atoms with E-state index < -0.39 is 17.7 Å². The Balaban J connectivity index is 2.31. The Morgan fingerprint density at radius 2 is 1.89 bits per heavy atom. The first-order chi connectivity index (χ1) is 9.11. The van der Waals surface area contributed by atoms with Gasteiger partial charge in [-0.2, -0.15) is 5.26 Å². The zero-order chi connectivity index (χ0) is 13.8. The van der Waals surface area contributed by atoms with E-state index in [9.17, 15) is 8.78 Å². The Morgan fingerprint density at radius 1 is 1.16 bits per heavy atom. The van der Waals surface area contributed by atoms with Crippen LogP contribution in [0.5, 0.6) is 0 Å². The molecule has 0 saturated carbocycles. The molecule has 2 nitrogen and oxygen atoms in total. The van der Waals surface area contributed by atoms with Crippen molar-refractivity contribution in [2.75, 3.05) is 5.32 Å². The summed E-state index contributed by atoms with van der Waals surface area (Å²) in [6.07, 6.45) is 0. The third kappa shape index (κ3) is 3.01. The Kier molecular flexibility index (Phi) is 3.98. The predicted octanol–water partition coefficient (Wildman–Crippen LogP) is 4.29. The average Bonchev–Trinajstić information content (AvgIpc) is 2.40. The molecule has 0 bridgehead atoms. The van der Waals surface area contributed by atoms with Crippen LogP contribution in [-0.4, -0.2) is 0 Å². The van der Waals surface area contributed by atoms with Crippen molar-refractivity contribution in [3.05, 3.63) is 64.7 Å². The molecule has 0 aromatic heterocycles. The maximum atomic E-state index is 13.6. The smallest absolute Gasteiger partial charge is 0.165 e. The van der Waals surface area contributed by atoms with E-state index in [2.05, 4.69) is 5.32 Å². The van der Waals surface area contributed by atoms with E-state index in [1.54, 1.807) is 24.3 Å². The molecule has 1 atom stereocenters. The maximum absolute atomic E-state index is 13.6. The Morgan fingerprint density at radius 3 is 2.58 bits per heavy atom. The minimum atomic E-state index is -1.02. The lowest BCUT2D eigenvalue weighted by atomic mass is 10.1. The van der Waals surface area contributed by atoms with Gasteiger partial charge in [0.2, 0.25) is 0 Å². The number of benzene rings is 2. The van der Waals surface area contributed by atoms with Crippen molar-refractivity contribution in [1.29, 1.82) is 5.26 Å². The second kappa shape index (κ2) is 5.68. The van der Waals surface area contributed by atoms with Gasteiger partial charge in [0, 0.05) is 16.3 Å². The third-order valence-corrected chi connectivity index (χ3v) is 2.79. The molecule has 0 fully saturated rings. The van der Waals surface area contributed by atoms with Crippen LogP contribution in [0.2, 0.25) is 5.02 Å². The zero-order valence-electron chi connectivity index (χ0n) is 9.70. The van der Waals surface area contributed by atoms with E-state index in [0.717, 1.165) is 6.07 Å². The molecular weight excluding hydrogens is 270 g/mol. The van der Waals surface area contributed by atoms with Gasteiger partial charge in [0.1, 0.15) is 6.04 Å². The second-order valence-electron chi connectivity index (χ2n) is 3.86. The molecule has 0 saturated heterocycles. The highest BCUT2D eigenvalue weighted by molar-refractivity contribution is 6.30. The monoisotopic (exact) mass is 278 g/mol. The first-order valence-electron chi connectivity index (χ1n) is 5.47. The molecule has 19 heavy (non-hydrogen) atoms. The van der Waals surface area contributed by atoms with Gasteiger partial charge in [0.05, 0.1) is 6.07 Å². The highest BCUT2D eigenvalue weighted by atomic mass is 35.5. The van der Waals surface area contributed by atoms with Crippen molar-refractivity contribution in [1.82, 2.24) is 0 Å². The summed E-state index contributed by atoms with van der Waals surface area (Å²) in [5.74, 6) is -2.01. The molecule has 0 spiro atoms. The summed E-state index contributed by atoms with van der Waals surface area (Å²) in [6.45, 7) is 0. The molecule has 2 aromatic carbocycles. The normalized spacial score (nSPS) is 11.7.